The van der Waals surface area contributed by atoms with Crippen LogP contribution in [0.4, 0.5) is 19.1 Å². The predicted molar refractivity (Wildman–Crippen MR) is 106 cm³/mol. The molecule has 1 aliphatic rings. The Balaban J connectivity index is 1.69. The summed E-state index contributed by atoms with van der Waals surface area (Å²) in [5.41, 5.74) is 1.41. The van der Waals surface area contributed by atoms with Gasteiger partial charge in [0.15, 0.2) is 21.8 Å². The van der Waals surface area contributed by atoms with Gasteiger partial charge in [0.2, 0.25) is 5.95 Å². The maximum Gasteiger partial charge on any atom is 0.416 e. The number of H-pyrrole nitrogens is 1. The third-order valence-electron chi connectivity index (χ3n) is 4.98. The van der Waals surface area contributed by atoms with E-state index in [9.17, 15) is 21.6 Å². The first kappa shape index (κ1) is 21.4. The SMILES string of the molecule is CS(=O)(=O)c1ccc(Cn2c(-c3ccc[nH]3)nnc2N2CCOC(C(F)(F)F)C2)cc1. The maximum absolute atomic E-state index is 13.2. The number of benzene rings is 1. The molecule has 3 heterocycles. The molecule has 0 aliphatic carbocycles. The first-order chi connectivity index (χ1) is 14.6. The lowest BCUT2D eigenvalue weighted by Crippen LogP contribution is -2.50. The van der Waals surface area contributed by atoms with E-state index in [4.69, 9.17) is 4.74 Å². The Bertz CT molecular complexity index is 1140. The highest BCUT2D eigenvalue weighted by Crippen LogP contribution is 2.29. The molecule has 1 atom stereocenters. The fourth-order valence-corrected chi connectivity index (χ4v) is 4.03. The van der Waals surface area contributed by atoms with Crippen LogP contribution >= 0.6 is 0 Å². The van der Waals surface area contributed by atoms with Crippen LogP contribution in [0.5, 0.6) is 0 Å². The van der Waals surface area contributed by atoms with Crippen molar-refractivity contribution < 1.29 is 26.3 Å². The van der Waals surface area contributed by atoms with E-state index in [-0.39, 0.29) is 37.1 Å². The van der Waals surface area contributed by atoms with Crippen molar-refractivity contribution >= 4 is 15.8 Å². The Morgan fingerprint density at radius 2 is 1.94 bits per heavy atom. The topological polar surface area (TPSA) is 93.1 Å². The van der Waals surface area contributed by atoms with Crippen LogP contribution in [-0.4, -0.2) is 66.4 Å². The minimum absolute atomic E-state index is 0.0854. The number of anilines is 1. The van der Waals surface area contributed by atoms with Crippen LogP contribution in [0.2, 0.25) is 0 Å². The lowest BCUT2D eigenvalue weighted by molar-refractivity contribution is -0.221. The summed E-state index contributed by atoms with van der Waals surface area (Å²) in [4.78, 5) is 4.72. The number of hydrogen-bond acceptors (Lipinski definition) is 6. The standard InChI is InChI=1S/C19H20F3N5O3S/c1-31(28,29)14-6-4-13(5-7-14)11-27-17(15-3-2-8-23-15)24-25-18(27)26-9-10-30-16(12-26)19(20,21)22/h2-8,16,23H,9-12H2,1H3. The largest absolute Gasteiger partial charge is 0.416 e. The number of aromatic amines is 1. The molecule has 0 radical (unpaired) electrons. The third kappa shape index (κ3) is 4.59. The zero-order valence-electron chi connectivity index (χ0n) is 16.5. The number of sulfone groups is 1. The van der Waals surface area contributed by atoms with Crippen molar-refractivity contribution in [2.45, 2.75) is 23.7 Å². The number of rotatable bonds is 5. The molecule has 8 nitrogen and oxygen atoms in total. The molecule has 2 aromatic heterocycles. The van der Waals surface area contributed by atoms with Gasteiger partial charge in [0.25, 0.3) is 0 Å². The van der Waals surface area contributed by atoms with Crippen LogP contribution in [0.3, 0.4) is 0 Å². The van der Waals surface area contributed by atoms with Crippen molar-refractivity contribution in [1.29, 1.82) is 0 Å². The van der Waals surface area contributed by atoms with Crippen LogP contribution in [-0.2, 0) is 21.1 Å². The first-order valence-electron chi connectivity index (χ1n) is 9.42. The Hall–Kier alpha value is -2.86. The van der Waals surface area contributed by atoms with Gasteiger partial charge in [-0.05, 0) is 29.8 Å². The van der Waals surface area contributed by atoms with Crippen molar-refractivity contribution in [3.05, 3.63) is 48.2 Å². The Morgan fingerprint density at radius 1 is 1.19 bits per heavy atom. The summed E-state index contributed by atoms with van der Waals surface area (Å²) in [5, 5.41) is 8.36. The molecule has 0 spiro atoms. The highest BCUT2D eigenvalue weighted by Gasteiger charge is 2.44. The molecule has 166 valence electrons. The van der Waals surface area contributed by atoms with E-state index in [1.165, 1.54) is 17.0 Å². The van der Waals surface area contributed by atoms with Gasteiger partial charge in [0, 0.05) is 19.0 Å². The van der Waals surface area contributed by atoms with E-state index in [1.54, 1.807) is 35.0 Å². The van der Waals surface area contributed by atoms with Crippen molar-refractivity contribution in [2.75, 3.05) is 30.9 Å². The van der Waals surface area contributed by atoms with E-state index >= 15 is 0 Å². The zero-order chi connectivity index (χ0) is 22.2. The molecule has 1 saturated heterocycles. The van der Waals surface area contributed by atoms with E-state index in [2.05, 4.69) is 15.2 Å². The summed E-state index contributed by atoms with van der Waals surface area (Å²) in [6.07, 6.45) is -3.55. The smallest absolute Gasteiger partial charge is 0.365 e. The van der Waals surface area contributed by atoms with E-state index in [0.29, 0.717) is 11.5 Å². The number of hydrogen-bond donors (Lipinski definition) is 1. The monoisotopic (exact) mass is 455 g/mol. The van der Waals surface area contributed by atoms with Crippen LogP contribution in [0.15, 0.2) is 47.5 Å². The summed E-state index contributed by atoms with van der Waals surface area (Å²) >= 11 is 0. The fourth-order valence-electron chi connectivity index (χ4n) is 3.40. The van der Waals surface area contributed by atoms with Crippen LogP contribution in [0.25, 0.3) is 11.5 Å². The minimum Gasteiger partial charge on any atom is -0.365 e. The summed E-state index contributed by atoms with van der Waals surface area (Å²) in [6, 6.07) is 9.89. The van der Waals surface area contributed by atoms with Crippen molar-refractivity contribution in [3.63, 3.8) is 0 Å². The average Bonchev–Trinajstić information content (AvgIpc) is 3.37. The Kier molecular flexibility index (Phi) is 5.52. The van der Waals surface area contributed by atoms with Gasteiger partial charge in [-0.1, -0.05) is 12.1 Å². The quantitative estimate of drug-likeness (QED) is 0.636. The van der Waals surface area contributed by atoms with Gasteiger partial charge in [-0.15, -0.1) is 10.2 Å². The van der Waals surface area contributed by atoms with Gasteiger partial charge in [-0.2, -0.15) is 13.2 Å². The van der Waals surface area contributed by atoms with Crippen LogP contribution in [0, 0.1) is 0 Å². The molecule has 0 amide bonds. The fraction of sp³-hybridized carbons (Fsp3) is 0.368. The van der Waals surface area contributed by atoms with Gasteiger partial charge in [-0.25, -0.2) is 8.42 Å². The Labute approximate surface area is 176 Å². The molecule has 1 N–H and O–H groups in total. The third-order valence-corrected chi connectivity index (χ3v) is 6.11. The molecule has 3 aromatic rings. The van der Waals surface area contributed by atoms with Gasteiger partial charge in [0.1, 0.15) is 0 Å². The molecular formula is C19H20F3N5O3S. The first-order valence-corrected chi connectivity index (χ1v) is 11.3. The number of morpholine rings is 1. The number of halogens is 3. The molecule has 1 fully saturated rings. The van der Waals surface area contributed by atoms with Gasteiger partial charge < -0.3 is 14.6 Å². The van der Waals surface area contributed by atoms with Crippen molar-refractivity contribution in [1.82, 2.24) is 19.7 Å². The predicted octanol–water partition coefficient (Wildman–Crippen LogP) is 2.49. The molecule has 1 aliphatic heterocycles. The zero-order valence-corrected chi connectivity index (χ0v) is 17.3. The lowest BCUT2D eigenvalue weighted by atomic mass is 10.2. The second-order valence-electron chi connectivity index (χ2n) is 7.26. The van der Waals surface area contributed by atoms with E-state index < -0.39 is 22.1 Å². The molecule has 0 bridgehead atoms. The number of ether oxygens (including phenoxy) is 1. The molecule has 31 heavy (non-hydrogen) atoms. The minimum atomic E-state index is -4.48. The van der Waals surface area contributed by atoms with Gasteiger partial charge in [0.05, 0.1) is 30.3 Å². The van der Waals surface area contributed by atoms with Crippen molar-refractivity contribution in [2.24, 2.45) is 0 Å². The highest BCUT2D eigenvalue weighted by molar-refractivity contribution is 7.90. The molecule has 4 rings (SSSR count). The van der Waals surface area contributed by atoms with Crippen molar-refractivity contribution in [3.8, 4) is 11.5 Å². The molecule has 12 heteroatoms. The molecule has 0 saturated carbocycles. The van der Waals surface area contributed by atoms with E-state index in [0.717, 1.165) is 11.8 Å². The van der Waals surface area contributed by atoms with Crippen LogP contribution < -0.4 is 4.90 Å². The number of nitrogens with one attached hydrogen (secondary N) is 1. The molecular weight excluding hydrogens is 435 g/mol. The van der Waals surface area contributed by atoms with Gasteiger partial charge in [-0.3, -0.25) is 4.57 Å². The number of aromatic nitrogens is 4. The highest BCUT2D eigenvalue weighted by atomic mass is 32.2. The average molecular weight is 455 g/mol. The maximum atomic E-state index is 13.2. The van der Waals surface area contributed by atoms with Crippen LogP contribution in [0.1, 0.15) is 5.56 Å². The van der Waals surface area contributed by atoms with Gasteiger partial charge >= 0.3 is 6.18 Å². The lowest BCUT2D eigenvalue weighted by Gasteiger charge is -2.34. The normalized spacial score (nSPS) is 17.8. The Morgan fingerprint density at radius 3 is 2.55 bits per heavy atom. The number of nitrogens with zero attached hydrogens (tertiary/aromatic N) is 4. The molecule has 1 aromatic carbocycles. The van der Waals surface area contributed by atoms with E-state index in [1.807, 2.05) is 0 Å². The number of alkyl halides is 3. The molecule has 1 unspecified atom stereocenters. The summed E-state index contributed by atoms with van der Waals surface area (Å²) in [7, 11) is -3.34. The second kappa shape index (κ2) is 8.00. The second-order valence-corrected chi connectivity index (χ2v) is 9.27. The summed E-state index contributed by atoms with van der Waals surface area (Å²) in [5.74, 6) is 0.747. The summed E-state index contributed by atoms with van der Waals surface area (Å²) < 4.78 is 69.6. The summed E-state index contributed by atoms with van der Waals surface area (Å²) in [6.45, 7) is 0.00846.